The molecule has 0 bridgehead atoms. The van der Waals surface area contributed by atoms with E-state index in [4.69, 9.17) is 5.84 Å². The third-order valence-corrected chi connectivity index (χ3v) is 1.34. The van der Waals surface area contributed by atoms with Crippen molar-refractivity contribution in [3.05, 3.63) is 0 Å². The van der Waals surface area contributed by atoms with Crippen LogP contribution < -0.4 is 11.7 Å². The van der Waals surface area contributed by atoms with Gasteiger partial charge in [-0.1, -0.05) is 19.8 Å². The number of carbonyl (C=O) groups is 1. The Hall–Kier alpha value is -0.810. The summed E-state index contributed by atoms with van der Waals surface area (Å²) in [6, 6.07) is 0. The second-order valence-electron chi connectivity index (χ2n) is 2.28. The molecular formula is C6H15N3O2. The topological polar surface area (TPSA) is 81.6 Å². The van der Waals surface area contributed by atoms with Crippen molar-refractivity contribution in [1.82, 2.24) is 5.01 Å². The molecule has 0 fully saturated rings. The SMILES string of the molecule is CCCCCN(N)C(=O)ON. The second kappa shape index (κ2) is 5.94. The van der Waals surface area contributed by atoms with Crippen molar-refractivity contribution in [2.45, 2.75) is 26.2 Å². The van der Waals surface area contributed by atoms with Gasteiger partial charge in [0.1, 0.15) is 0 Å². The van der Waals surface area contributed by atoms with Crippen LogP contribution in [0, 0.1) is 0 Å². The van der Waals surface area contributed by atoms with Crippen LogP contribution in [-0.4, -0.2) is 17.6 Å². The Morgan fingerprint density at radius 3 is 2.64 bits per heavy atom. The second-order valence-corrected chi connectivity index (χ2v) is 2.28. The van der Waals surface area contributed by atoms with Crippen LogP contribution in [-0.2, 0) is 4.84 Å². The Morgan fingerprint density at radius 1 is 1.55 bits per heavy atom. The number of hydrazine groups is 1. The molecule has 1 amide bonds. The highest BCUT2D eigenvalue weighted by Crippen LogP contribution is 1.95. The van der Waals surface area contributed by atoms with Crippen molar-refractivity contribution in [3.8, 4) is 0 Å². The molecule has 0 atom stereocenters. The molecule has 0 saturated heterocycles. The first-order valence-electron chi connectivity index (χ1n) is 3.65. The molecule has 0 aliphatic heterocycles. The molecule has 5 heteroatoms. The van der Waals surface area contributed by atoms with Gasteiger partial charge in [-0.15, -0.1) is 0 Å². The third-order valence-electron chi connectivity index (χ3n) is 1.34. The fraction of sp³-hybridized carbons (Fsp3) is 0.833. The highest BCUT2D eigenvalue weighted by Gasteiger charge is 2.07. The maximum absolute atomic E-state index is 10.6. The van der Waals surface area contributed by atoms with E-state index < -0.39 is 6.09 Å². The van der Waals surface area contributed by atoms with Crippen LogP contribution in [0.1, 0.15) is 26.2 Å². The highest BCUT2D eigenvalue weighted by atomic mass is 16.7. The Bertz CT molecular complexity index is 118. The number of carbonyl (C=O) groups excluding carboxylic acids is 1. The Morgan fingerprint density at radius 2 is 2.18 bits per heavy atom. The van der Waals surface area contributed by atoms with Gasteiger partial charge in [0.05, 0.1) is 0 Å². The van der Waals surface area contributed by atoms with Crippen molar-refractivity contribution in [2.75, 3.05) is 6.54 Å². The van der Waals surface area contributed by atoms with Gasteiger partial charge in [-0.2, -0.15) is 5.90 Å². The Kier molecular flexibility index (Phi) is 5.50. The summed E-state index contributed by atoms with van der Waals surface area (Å²) in [5.74, 6) is 9.85. The molecule has 4 N–H and O–H groups in total. The fourth-order valence-electron chi connectivity index (χ4n) is 0.691. The molecule has 66 valence electrons. The first-order chi connectivity index (χ1) is 5.22. The molecule has 11 heavy (non-hydrogen) atoms. The number of unbranched alkanes of at least 4 members (excludes halogenated alkanes) is 2. The highest BCUT2D eigenvalue weighted by molar-refractivity contribution is 5.66. The molecule has 0 spiro atoms. The van der Waals surface area contributed by atoms with E-state index in [1.165, 1.54) is 0 Å². The molecule has 0 aliphatic rings. The maximum Gasteiger partial charge on any atom is 0.442 e. The standard InChI is InChI=1S/C6H15N3O2/c1-2-3-4-5-9(7)6(10)11-8/h2-5,7-8H2,1H3. The van der Waals surface area contributed by atoms with E-state index in [1.54, 1.807) is 0 Å². The van der Waals surface area contributed by atoms with Crippen LogP contribution in [0.4, 0.5) is 4.79 Å². The van der Waals surface area contributed by atoms with Crippen molar-refractivity contribution < 1.29 is 9.63 Å². The largest absolute Gasteiger partial charge is 0.442 e. The van der Waals surface area contributed by atoms with E-state index in [1.807, 2.05) is 0 Å². The summed E-state index contributed by atoms with van der Waals surface area (Å²) in [4.78, 5) is 14.5. The molecule has 0 saturated carbocycles. The number of hydrogen-bond acceptors (Lipinski definition) is 4. The summed E-state index contributed by atoms with van der Waals surface area (Å²) in [5, 5.41) is 0.968. The van der Waals surface area contributed by atoms with Gasteiger partial charge < -0.3 is 4.84 Å². The lowest BCUT2D eigenvalue weighted by Crippen LogP contribution is -2.39. The van der Waals surface area contributed by atoms with Gasteiger partial charge in [-0.3, -0.25) is 0 Å². The average Bonchev–Trinajstić information content (AvgIpc) is 2.03. The molecular weight excluding hydrogens is 146 g/mol. The minimum atomic E-state index is -0.693. The summed E-state index contributed by atoms with van der Waals surface area (Å²) in [6.45, 7) is 2.56. The first kappa shape index (κ1) is 10.2. The molecule has 0 aromatic heterocycles. The quantitative estimate of drug-likeness (QED) is 0.270. The van der Waals surface area contributed by atoms with Crippen LogP contribution in [0.25, 0.3) is 0 Å². The van der Waals surface area contributed by atoms with Gasteiger partial charge >= 0.3 is 6.09 Å². The van der Waals surface area contributed by atoms with Crippen molar-refractivity contribution >= 4 is 6.09 Å². The average molecular weight is 161 g/mol. The lowest BCUT2D eigenvalue weighted by Gasteiger charge is -2.12. The monoisotopic (exact) mass is 161 g/mol. The smallest absolute Gasteiger partial charge is 0.356 e. The van der Waals surface area contributed by atoms with Gasteiger partial charge in [0.2, 0.25) is 0 Å². The number of nitrogens with zero attached hydrogens (tertiary/aromatic N) is 1. The van der Waals surface area contributed by atoms with Gasteiger partial charge in [0, 0.05) is 6.54 Å². The predicted octanol–water partition coefficient (Wildman–Crippen LogP) is 0.363. The van der Waals surface area contributed by atoms with Gasteiger partial charge in [0.15, 0.2) is 0 Å². The van der Waals surface area contributed by atoms with E-state index in [0.29, 0.717) is 6.54 Å². The van der Waals surface area contributed by atoms with Crippen LogP contribution in [0.2, 0.25) is 0 Å². The summed E-state index contributed by atoms with van der Waals surface area (Å²) in [7, 11) is 0. The summed E-state index contributed by atoms with van der Waals surface area (Å²) >= 11 is 0. The van der Waals surface area contributed by atoms with Crippen LogP contribution in [0.3, 0.4) is 0 Å². The Labute approximate surface area is 66.2 Å². The maximum atomic E-state index is 10.6. The fourth-order valence-corrected chi connectivity index (χ4v) is 0.691. The predicted molar refractivity (Wildman–Crippen MR) is 41.1 cm³/mol. The first-order valence-corrected chi connectivity index (χ1v) is 3.65. The molecule has 0 aromatic rings. The lowest BCUT2D eigenvalue weighted by molar-refractivity contribution is 0.102. The normalized spacial score (nSPS) is 9.36. The van der Waals surface area contributed by atoms with Crippen LogP contribution in [0.5, 0.6) is 0 Å². The minimum Gasteiger partial charge on any atom is -0.356 e. The molecule has 0 radical (unpaired) electrons. The van der Waals surface area contributed by atoms with Crippen molar-refractivity contribution in [1.29, 1.82) is 0 Å². The number of amides is 1. The van der Waals surface area contributed by atoms with Gasteiger partial charge in [-0.05, 0) is 6.42 Å². The van der Waals surface area contributed by atoms with E-state index in [2.05, 4.69) is 17.7 Å². The van der Waals surface area contributed by atoms with Gasteiger partial charge in [0.25, 0.3) is 0 Å². The van der Waals surface area contributed by atoms with Crippen LogP contribution in [0.15, 0.2) is 0 Å². The summed E-state index contributed by atoms with van der Waals surface area (Å²) in [6.07, 6.45) is 2.32. The molecule has 0 aromatic carbocycles. The summed E-state index contributed by atoms with van der Waals surface area (Å²) < 4.78 is 0. The lowest BCUT2D eigenvalue weighted by atomic mass is 10.2. The zero-order chi connectivity index (χ0) is 8.69. The molecule has 0 aliphatic carbocycles. The zero-order valence-corrected chi connectivity index (χ0v) is 6.75. The van der Waals surface area contributed by atoms with E-state index in [-0.39, 0.29) is 0 Å². The number of rotatable bonds is 4. The third kappa shape index (κ3) is 4.58. The molecule has 0 heterocycles. The van der Waals surface area contributed by atoms with E-state index in [9.17, 15) is 4.79 Å². The number of nitrogens with two attached hydrogens (primary N) is 2. The minimum absolute atomic E-state index is 0.490. The van der Waals surface area contributed by atoms with E-state index >= 15 is 0 Å². The molecule has 0 unspecified atom stereocenters. The van der Waals surface area contributed by atoms with Crippen molar-refractivity contribution in [2.24, 2.45) is 11.7 Å². The van der Waals surface area contributed by atoms with E-state index in [0.717, 1.165) is 24.3 Å². The summed E-state index contributed by atoms with van der Waals surface area (Å²) in [5.41, 5.74) is 0. The zero-order valence-electron chi connectivity index (χ0n) is 6.75. The number of hydrogen-bond donors (Lipinski definition) is 2. The van der Waals surface area contributed by atoms with Crippen molar-refractivity contribution in [3.63, 3.8) is 0 Å². The van der Waals surface area contributed by atoms with Crippen LogP contribution >= 0.6 is 0 Å². The molecule has 0 rings (SSSR count). The van der Waals surface area contributed by atoms with Gasteiger partial charge in [-0.25, -0.2) is 15.6 Å². The Balaban J connectivity index is 3.36. The molecule has 5 nitrogen and oxygen atoms in total.